The summed E-state index contributed by atoms with van der Waals surface area (Å²) >= 11 is 0. The molecule has 1 aromatic heterocycles. The molecule has 59 heavy (non-hydrogen) atoms. The molecule has 3 rings (SSSR count). The van der Waals surface area contributed by atoms with Crippen LogP contribution in [0.5, 0.6) is 0 Å². The molecule has 5 amide bonds. The molecule has 8 unspecified atom stereocenters. The number of benzene rings is 1. The van der Waals surface area contributed by atoms with Crippen molar-refractivity contribution in [3.05, 3.63) is 54.1 Å². The number of phosphoric acid groups is 1. The number of aliphatic hydroxyl groups excluding tert-OH is 1. The second-order valence-electron chi connectivity index (χ2n) is 15.6. The molecule has 0 spiro atoms. The van der Waals surface area contributed by atoms with Crippen molar-refractivity contribution in [3.63, 3.8) is 0 Å². The van der Waals surface area contributed by atoms with E-state index in [0.29, 0.717) is 31.5 Å². The van der Waals surface area contributed by atoms with E-state index < -0.39 is 74.0 Å². The molecule has 8 atom stereocenters. The second kappa shape index (κ2) is 24.8. The van der Waals surface area contributed by atoms with Crippen molar-refractivity contribution in [3.8, 4) is 0 Å². The molecule has 330 valence electrons. The summed E-state index contributed by atoms with van der Waals surface area (Å²) in [6.07, 6.45) is 7.67. The molecule has 0 radical (unpaired) electrons. The summed E-state index contributed by atoms with van der Waals surface area (Å²) in [7, 11) is -4.61. The van der Waals surface area contributed by atoms with Gasteiger partial charge < -0.3 is 46.9 Å². The number of nitrogens with one attached hydrogen (secondary N) is 5. The zero-order valence-electron chi connectivity index (χ0n) is 34.9. The first-order chi connectivity index (χ1) is 28.0. The van der Waals surface area contributed by atoms with Gasteiger partial charge in [0, 0.05) is 31.8 Å². The lowest BCUT2D eigenvalue weighted by atomic mass is 10.0. The molecule has 0 saturated carbocycles. The highest BCUT2D eigenvalue weighted by molar-refractivity contribution is 7.47. The summed E-state index contributed by atoms with van der Waals surface area (Å²) in [5.74, 6) is -2.94. The Kier molecular flexibility index (Phi) is 20.7. The van der Waals surface area contributed by atoms with Crippen molar-refractivity contribution in [1.29, 1.82) is 0 Å². The van der Waals surface area contributed by atoms with Crippen LogP contribution < -0.4 is 27.0 Å². The topological polar surface area (TPSA) is 267 Å². The Hall–Kier alpha value is -4.19. The summed E-state index contributed by atoms with van der Waals surface area (Å²) in [6, 6.07) is 4.67. The number of rotatable bonds is 26. The van der Waals surface area contributed by atoms with E-state index in [4.69, 9.17) is 14.8 Å². The van der Waals surface area contributed by atoms with Gasteiger partial charge in [-0.15, -0.1) is 0 Å². The third-order valence-corrected chi connectivity index (χ3v) is 11.2. The third-order valence-electron chi connectivity index (χ3n) is 10.1. The molecule has 1 fully saturated rings. The van der Waals surface area contributed by atoms with Gasteiger partial charge in [-0.25, -0.2) is 9.55 Å². The fourth-order valence-electron chi connectivity index (χ4n) is 6.90. The number of unbranched alkanes of at least 4 members (excludes halogenated alkanes) is 5. The third kappa shape index (κ3) is 17.5. The number of carbonyl (C=O) groups excluding carboxylic acids is 5. The summed E-state index contributed by atoms with van der Waals surface area (Å²) in [5, 5.41) is 20.8. The van der Waals surface area contributed by atoms with Crippen LogP contribution in [0.25, 0.3) is 0 Å². The lowest BCUT2D eigenvalue weighted by molar-refractivity contribution is -0.138. The first-order valence-electron chi connectivity index (χ1n) is 20.6. The molecule has 0 bridgehead atoms. The summed E-state index contributed by atoms with van der Waals surface area (Å²) < 4.78 is 23.1. The number of hydrogen-bond donors (Lipinski definition) is 8. The standard InChI is InChI=1S/C40H65N8O10P/c1-26(2)22-32(46-40(54)34-19-15-20-48(34)29(5)49)39(53)45-33(23-31-24-42-25-43-31)38(52)44-27(3)37(51)47-35(36(41)50)28(4)58-59(55,56)57-21-14-9-7-6-8-11-16-30-17-12-10-13-18-30/h10,12-13,17-18,24-28,32-36,50H,6-9,11,14-16,19-23,41H2,1-5H3,(H,42,43)(H,44,52)(H,45,53)(H,46,54)(H,47,51)(H,55,56). The maximum absolute atomic E-state index is 13.7. The molecule has 0 aliphatic carbocycles. The van der Waals surface area contributed by atoms with Gasteiger partial charge in [-0.3, -0.25) is 33.0 Å². The highest BCUT2D eigenvalue weighted by Crippen LogP contribution is 2.45. The van der Waals surface area contributed by atoms with Crippen molar-refractivity contribution >= 4 is 37.4 Å². The Bertz CT molecular complexity index is 1660. The predicted octanol–water partition coefficient (Wildman–Crippen LogP) is 2.35. The maximum atomic E-state index is 13.7. The zero-order valence-corrected chi connectivity index (χ0v) is 35.8. The number of phosphoric ester groups is 1. The molecule has 1 aliphatic heterocycles. The molecule has 19 heteroatoms. The monoisotopic (exact) mass is 848 g/mol. The summed E-state index contributed by atoms with van der Waals surface area (Å²) in [5.41, 5.74) is 7.53. The molecule has 9 N–H and O–H groups in total. The van der Waals surface area contributed by atoms with Crippen LogP contribution in [0.4, 0.5) is 0 Å². The van der Waals surface area contributed by atoms with Crippen LogP contribution in [0.3, 0.4) is 0 Å². The number of H-pyrrole nitrogens is 1. The van der Waals surface area contributed by atoms with Gasteiger partial charge in [0.15, 0.2) is 0 Å². The minimum atomic E-state index is -4.61. The fraction of sp³-hybridized carbons (Fsp3) is 0.650. The van der Waals surface area contributed by atoms with Gasteiger partial charge in [-0.05, 0) is 63.9 Å². The van der Waals surface area contributed by atoms with Crippen molar-refractivity contribution < 1.29 is 47.6 Å². The number of imidazole rings is 1. The molecule has 1 saturated heterocycles. The van der Waals surface area contributed by atoms with E-state index in [1.807, 2.05) is 32.0 Å². The van der Waals surface area contributed by atoms with Gasteiger partial charge >= 0.3 is 7.82 Å². The molecule has 2 heterocycles. The molecule has 18 nitrogen and oxygen atoms in total. The largest absolute Gasteiger partial charge is 0.472 e. The average molecular weight is 849 g/mol. The lowest BCUT2D eigenvalue weighted by Gasteiger charge is -2.30. The Morgan fingerprint density at radius 2 is 1.59 bits per heavy atom. The van der Waals surface area contributed by atoms with Crippen LogP contribution >= 0.6 is 7.82 Å². The highest BCUT2D eigenvalue weighted by atomic mass is 31.2. The van der Waals surface area contributed by atoms with E-state index in [1.165, 1.54) is 43.8 Å². The maximum Gasteiger partial charge on any atom is 0.472 e. The number of aromatic amines is 1. The minimum Gasteiger partial charge on any atom is -0.377 e. The summed E-state index contributed by atoms with van der Waals surface area (Å²) in [6.45, 7) is 8.24. The average Bonchev–Trinajstić information content (AvgIpc) is 3.89. The van der Waals surface area contributed by atoms with E-state index in [2.05, 4.69) is 43.4 Å². The van der Waals surface area contributed by atoms with Gasteiger partial charge in [0.1, 0.15) is 30.4 Å². The van der Waals surface area contributed by atoms with Gasteiger partial charge in [0.05, 0.1) is 25.1 Å². The van der Waals surface area contributed by atoms with E-state index in [0.717, 1.165) is 38.5 Å². The number of nitrogens with zero attached hydrogens (tertiary/aromatic N) is 2. The van der Waals surface area contributed by atoms with Crippen LogP contribution in [-0.4, -0.2) is 110 Å². The number of aromatic nitrogens is 2. The number of nitrogens with two attached hydrogens (primary N) is 1. The van der Waals surface area contributed by atoms with Crippen LogP contribution in [0.2, 0.25) is 0 Å². The van der Waals surface area contributed by atoms with Crippen molar-refractivity contribution in [2.45, 2.75) is 148 Å². The molecule has 1 aliphatic rings. The van der Waals surface area contributed by atoms with E-state index in [-0.39, 0.29) is 31.3 Å². The van der Waals surface area contributed by atoms with Crippen LogP contribution in [-0.2, 0) is 50.4 Å². The van der Waals surface area contributed by atoms with Crippen molar-refractivity contribution in [2.24, 2.45) is 11.7 Å². The molecular formula is C40H65N8O10P. The Labute approximate surface area is 347 Å². The zero-order chi connectivity index (χ0) is 43.5. The van der Waals surface area contributed by atoms with Gasteiger partial charge in [0.2, 0.25) is 29.5 Å². The fourth-order valence-corrected chi connectivity index (χ4v) is 7.88. The summed E-state index contributed by atoms with van der Waals surface area (Å²) in [4.78, 5) is 84.7. The van der Waals surface area contributed by atoms with E-state index in [1.54, 1.807) is 0 Å². The number of hydrogen-bond acceptors (Lipinski definition) is 11. The first kappa shape index (κ1) is 49.2. The quantitative estimate of drug-likeness (QED) is 0.0385. The number of aliphatic hydroxyl groups is 1. The minimum absolute atomic E-state index is 0.0266. The smallest absolute Gasteiger partial charge is 0.377 e. The van der Waals surface area contributed by atoms with Crippen molar-refractivity contribution in [2.75, 3.05) is 13.2 Å². The van der Waals surface area contributed by atoms with Crippen molar-refractivity contribution in [1.82, 2.24) is 36.1 Å². The van der Waals surface area contributed by atoms with Crippen LogP contribution in [0.1, 0.15) is 104 Å². The lowest BCUT2D eigenvalue weighted by Crippen LogP contribution is -2.60. The number of likely N-dealkylation sites (tertiary alicyclic amines) is 1. The van der Waals surface area contributed by atoms with Crippen LogP contribution in [0, 0.1) is 5.92 Å². The Balaban J connectivity index is 1.53. The normalized spacial score (nSPS) is 18.2. The number of amides is 5. The van der Waals surface area contributed by atoms with Gasteiger partial charge in [-0.1, -0.05) is 69.9 Å². The highest BCUT2D eigenvalue weighted by Gasteiger charge is 2.37. The Morgan fingerprint density at radius 3 is 2.22 bits per heavy atom. The second-order valence-corrected chi connectivity index (χ2v) is 17.0. The number of carbonyl (C=O) groups is 5. The van der Waals surface area contributed by atoms with E-state index >= 15 is 0 Å². The molecular weight excluding hydrogens is 783 g/mol. The van der Waals surface area contributed by atoms with E-state index in [9.17, 15) is 38.5 Å². The molecule has 1 aromatic carbocycles. The SMILES string of the molecule is CC(=O)N1CCCC1C(=O)NC(CC(C)C)C(=O)NC(Cc1cnc[nH]1)C(=O)NC(C)C(=O)NC(C(N)O)C(C)OP(=O)(O)OCCCCCCCCc1ccccc1. The van der Waals surface area contributed by atoms with Crippen LogP contribution in [0.15, 0.2) is 42.9 Å². The Morgan fingerprint density at radius 1 is 0.932 bits per heavy atom. The molecule has 2 aromatic rings. The number of aryl methyl sites for hydroxylation is 1. The first-order valence-corrected chi connectivity index (χ1v) is 22.1. The predicted molar refractivity (Wildman–Crippen MR) is 220 cm³/mol. The van der Waals surface area contributed by atoms with Gasteiger partial charge in [-0.2, -0.15) is 0 Å². The van der Waals surface area contributed by atoms with Gasteiger partial charge in [0.25, 0.3) is 0 Å².